The van der Waals surface area contributed by atoms with Crippen molar-refractivity contribution in [2.45, 2.75) is 59.8 Å². The van der Waals surface area contributed by atoms with Crippen LogP contribution in [0.3, 0.4) is 0 Å². The fourth-order valence-electron chi connectivity index (χ4n) is 4.67. The van der Waals surface area contributed by atoms with Crippen LogP contribution in [-0.4, -0.2) is 37.2 Å². The van der Waals surface area contributed by atoms with Gasteiger partial charge in [-0.1, -0.05) is 42.3 Å². The third-order valence-corrected chi connectivity index (χ3v) is 11.6. The van der Waals surface area contributed by atoms with Crippen molar-refractivity contribution in [2.24, 2.45) is 5.73 Å². The summed E-state index contributed by atoms with van der Waals surface area (Å²) in [6.45, 7) is 0. The van der Waals surface area contributed by atoms with Crippen LogP contribution >= 0.6 is 34.7 Å². The lowest BCUT2D eigenvalue weighted by Gasteiger charge is -2.23. The summed E-state index contributed by atoms with van der Waals surface area (Å²) in [4.78, 5) is 30.8. The molecule has 1 saturated carbocycles. The van der Waals surface area contributed by atoms with Gasteiger partial charge in [0.2, 0.25) is 0 Å². The highest BCUT2D eigenvalue weighted by Crippen LogP contribution is 2.38. The molecule has 0 spiro atoms. The number of aromatic nitrogens is 1. The maximum Gasteiger partial charge on any atom is 0.280 e. The first-order valence-corrected chi connectivity index (χ1v) is 18.1. The molecule has 230 valence electrons. The standard InChI is InChI=1S/C32H32ClN3O5S3/c33-24-12-15-26(16-13-24)44(39,40)17-5-10-22-11-14-25(41-32(30(34)37)36-31(38)23-6-2-1-3-7-23)18-28(22)42-20-29-35-27(19-43-29)21-8-4-9-21/h1-3,6-7,11-16,18-19,21,32H,4-5,8-10,17,20H2,(H2,34,37)(H,36,38). The Labute approximate surface area is 270 Å². The number of halogens is 1. The SMILES string of the molecule is NC(=O)C(NC(=O)c1ccccc1)Oc1ccc(CCCS(=O)(=O)c2ccc(Cl)cc2)c(SCc2nc(C3CCC3)cs2)c1. The van der Waals surface area contributed by atoms with Crippen LogP contribution in [0.1, 0.15) is 58.2 Å². The monoisotopic (exact) mass is 669 g/mol. The molecule has 1 heterocycles. The highest BCUT2D eigenvalue weighted by molar-refractivity contribution is 7.98. The summed E-state index contributed by atoms with van der Waals surface area (Å²) in [6.07, 6.45) is 3.12. The van der Waals surface area contributed by atoms with Gasteiger partial charge in [0.15, 0.2) is 9.84 Å². The van der Waals surface area contributed by atoms with Gasteiger partial charge < -0.3 is 15.8 Å². The van der Waals surface area contributed by atoms with E-state index in [1.165, 1.54) is 31.4 Å². The first-order chi connectivity index (χ1) is 21.2. The number of sulfone groups is 1. The number of rotatable bonds is 14. The molecule has 1 aromatic heterocycles. The Bertz CT molecular complexity index is 1710. The first kappa shape index (κ1) is 32.0. The molecule has 0 aliphatic heterocycles. The lowest BCUT2D eigenvalue weighted by molar-refractivity contribution is -0.125. The molecule has 5 rings (SSSR count). The number of thioether (sulfide) groups is 1. The van der Waals surface area contributed by atoms with Crippen LogP contribution < -0.4 is 15.8 Å². The summed E-state index contributed by atoms with van der Waals surface area (Å²) in [7, 11) is -3.48. The average molecular weight is 670 g/mol. The number of carbonyl (C=O) groups is 2. The minimum Gasteiger partial charge on any atom is -0.461 e. The van der Waals surface area contributed by atoms with E-state index in [2.05, 4.69) is 10.7 Å². The summed E-state index contributed by atoms with van der Waals surface area (Å²) >= 11 is 9.12. The van der Waals surface area contributed by atoms with Gasteiger partial charge in [-0.15, -0.1) is 23.1 Å². The van der Waals surface area contributed by atoms with Crippen LogP contribution in [0.2, 0.25) is 5.02 Å². The van der Waals surface area contributed by atoms with Crippen LogP contribution in [0, 0.1) is 0 Å². The Morgan fingerprint density at radius 3 is 2.52 bits per heavy atom. The molecular formula is C32H32ClN3O5S3. The molecule has 1 aliphatic rings. The molecule has 2 amide bonds. The first-order valence-electron chi connectivity index (χ1n) is 14.2. The van der Waals surface area contributed by atoms with E-state index in [0.717, 1.165) is 21.2 Å². The predicted octanol–water partition coefficient (Wildman–Crippen LogP) is 6.38. The van der Waals surface area contributed by atoms with Crippen LogP contribution in [0.15, 0.2) is 88.0 Å². The van der Waals surface area contributed by atoms with Gasteiger partial charge in [-0.25, -0.2) is 13.4 Å². The Morgan fingerprint density at radius 2 is 1.84 bits per heavy atom. The zero-order valence-electron chi connectivity index (χ0n) is 23.8. The number of nitrogens with one attached hydrogen (secondary N) is 1. The third-order valence-electron chi connectivity index (χ3n) is 7.33. The normalized spacial score (nSPS) is 14.0. The number of amides is 2. The van der Waals surface area contributed by atoms with E-state index in [1.54, 1.807) is 77.7 Å². The minimum atomic E-state index is -3.48. The Kier molecular flexibility index (Phi) is 10.6. The van der Waals surface area contributed by atoms with Crippen molar-refractivity contribution in [1.29, 1.82) is 0 Å². The number of thiazole rings is 1. The van der Waals surface area contributed by atoms with Gasteiger partial charge in [-0.2, -0.15) is 0 Å². The zero-order valence-corrected chi connectivity index (χ0v) is 27.0. The van der Waals surface area contributed by atoms with Gasteiger partial charge in [0.1, 0.15) is 10.8 Å². The number of hydrogen-bond donors (Lipinski definition) is 2. The molecule has 0 saturated heterocycles. The largest absolute Gasteiger partial charge is 0.461 e. The molecule has 1 atom stereocenters. The molecule has 8 nitrogen and oxygen atoms in total. The molecule has 12 heteroatoms. The Morgan fingerprint density at radius 1 is 1.09 bits per heavy atom. The fourth-order valence-corrected chi connectivity index (χ4v) is 8.11. The van der Waals surface area contributed by atoms with Crippen LogP contribution in [0.5, 0.6) is 5.75 Å². The van der Waals surface area contributed by atoms with Gasteiger partial charge >= 0.3 is 0 Å². The number of carbonyl (C=O) groups excluding carboxylic acids is 2. The lowest BCUT2D eigenvalue weighted by Crippen LogP contribution is -2.48. The highest BCUT2D eigenvalue weighted by Gasteiger charge is 2.23. The van der Waals surface area contributed by atoms with Gasteiger partial charge in [0.25, 0.3) is 18.0 Å². The number of nitrogens with zero attached hydrogens (tertiary/aromatic N) is 1. The number of benzene rings is 3. The van der Waals surface area contributed by atoms with Gasteiger partial charge in [0.05, 0.1) is 22.1 Å². The van der Waals surface area contributed by atoms with E-state index in [4.69, 9.17) is 27.1 Å². The van der Waals surface area contributed by atoms with E-state index < -0.39 is 27.9 Å². The van der Waals surface area contributed by atoms with E-state index in [9.17, 15) is 18.0 Å². The van der Waals surface area contributed by atoms with Crippen molar-refractivity contribution in [3.63, 3.8) is 0 Å². The second-order valence-corrected chi connectivity index (χ2v) is 15.0. The topological polar surface area (TPSA) is 128 Å². The minimum absolute atomic E-state index is 0.0243. The van der Waals surface area contributed by atoms with Crippen molar-refractivity contribution in [3.05, 3.63) is 105 Å². The van der Waals surface area contributed by atoms with Crippen LogP contribution in [-0.2, 0) is 26.8 Å². The van der Waals surface area contributed by atoms with Crippen LogP contribution in [0.4, 0.5) is 0 Å². The third kappa shape index (κ3) is 8.41. The fraction of sp³-hybridized carbons (Fsp3) is 0.281. The average Bonchev–Trinajstić information content (AvgIpc) is 3.44. The molecule has 4 aromatic rings. The van der Waals surface area contributed by atoms with E-state index in [0.29, 0.717) is 40.8 Å². The lowest BCUT2D eigenvalue weighted by atomic mass is 9.83. The molecule has 1 aliphatic carbocycles. The summed E-state index contributed by atoms with van der Waals surface area (Å²) in [5.74, 6) is 0.165. The van der Waals surface area contributed by atoms with E-state index in [1.807, 2.05) is 6.07 Å². The predicted molar refractivity (Wildman–Crippen MR) is 174 cm³/mol. The van der Waals surface area contributed by atoms with Crippen molar-refractivity contribution >= 4 is 56.4 Å². The maximum absolute atomic E-state index is 12.9. The number of aryl methyl sites for hydroxylation is 1. The molecule has 44 heavy (non-hydrogen) atoms. The molecule has 3 aromatic carbocycles. The second kappa shape index (κ2) is 14.6. The summed E-state index contributed by atoms with van der Waals surface area (Å²) < 4.78 is 31.6. The maximum atomic E-state index is 12.9. The Hall–Kier alpha value is -3.38. The molecule has 1 unspecified atom stereocenters. The molecule has 0 bridgehead atoms. The summed E-state index contributed by atoms with van der Waals surface area (Å²) in [5.41, 5.74) is 8.02. The molecule has 0 radical (unpaired) electrons. The quantitative estimate of drug-likeness (QED) is 0.118. The second-order valence-electron chi connectivity index (χ2n) is 10.5. The smallest absolute Gasteiger partial charge is 0.280 e. The van der Waals surface area contributed by atoms with Gasteiger partial charge in [-0.3, -0.25) is 9.59 Å². The molecule has 3 N–H and O–H groups in total. The van der Waals surface area contributed by atoms with Gasteiger partial charge in [-0.05, 0) is 79.8 Å². The van der Waals surface area contributed by atoms with Crippen molar-refractivity contribution < 1.29 is 22.7 Å². The van der Waals surface area contributed by atoms with Crippen LogP contribution in [0.25, 0.3) is 0 Å². The highest BCUT2D eigenvalue weighted by atomic mass is 35.5. The van der Waals surface area contributed by atoms with Crippen molar-refractivity contribution in [1.82, 2.24) is 10.3 Å². The molecule has 1 fully saturated rings. The van der Waals surface area contributed by atoms with Crippen molar-refractivity contribution in [3.8, 4) is 5.75 Å². The zero-order chi connectivity index (χ0) is 31.1. The van der Waals surface area contributed by atoms with E-state index >= 15 is 0 Å². The summed E-state index contributed by atoms with van der Waals surface area (Å²) in [6, 6.07) is 20.0. The number of nitrogens with two attached hydrogens (primary N) is 1. The number of primary amides is 1. The number of ether oxygens (including phenoxy) is 1. The van der Waals surface area contributed by atoms with Gasteiger partial charge in [0, 0.05) is 26.8 Å². The Balaban J connectivity index is 1.31. The summed E-state index contributed by atoms with van der Waals surface area (Å²) in [5, 5.41) is 6.16. The molecular weight excluding hydrogens is 638 g/mol. The van der Waals surface area contributed by atoms with E-state index in [-0.39, 0.29) is 10.6 Å². The number of hydrogen-bond acceptors (Lipinski definition) is 8. The van der Waals surface area contributed by atoms with Crippen molar-refractivity contribution in [2.75, 3.05) is 5.75 Å².